The molecule has 0 spiro atoms. The van der Waals surface area contributed by atoms with Crippen LogP contribution in [0.3, 0.4) is 0 Å². The number of hydrogen-bond donors (Lipinski definition) is 0. The number of hydrogen-bond acceptors (Lipinski definition) is 4. The van der Waals surface area contributed by atoms with Gasteiger partial charge in [0.05, 0.1) is 7.11 Å². The van der Waals surface area contributed by atoms with Gasteiger partial charge in [-0.05, 0) is 37.1 Å². The molecule has 0 unspecified atom stereocenters. The molecule has 3 aromatic rings. The van der Waals surface area contributed by atoms with Gasteiger partial charge in [0.15, 0.2) is 5.65 Å². The zero-order valence-corrected chi connectivity index (χ0v) is 14.9. The maximum absolute atomic E-state index is 12.9. The number of carbonyl (C=O) groups excluding carboxylic acids is 1. The summed E-state index contributed by atoms with van der Waals surface area (Å²) in [5.74, 6) is 0.803. The minimum atomic E-state index is 0.0104. The van der Waals surface area contributed by atoms with Crippen LogP contribution in [-0.2, 0) is 0 Å². The van der Waals surface area contributed by atoms with Gasteiger partial charge in [-0.2, -0.15) is 0 Å². The Hall–Kier alpha value is -2.89. The number of methoxy groups -OCH3 is 1. The van der Waals surface area contributed by atoms with Crippen molar-refractivity contribution in [2.75, 3.05) is 20.2 Å². The fraction of sp³-hybridized carbons (Fsp3) is 0.350. The van der Waals surface area contributed by atoms with Crippen molar-refractivity contribution in [3.05, 3.63) is 48.5 Å². The number of rotatable bonds is 3. The number of ether oxygens (including phenoxy) is 1. The van der Waals surface area contributed by atoms with Gasteiger partial charge in [-0.15, -0.1) is 0 Å². The summed E-state index contributed by atoms with van der Waals surface area (Å²) in [5.41, 5.74) is 2.87. The number of likely N-dealkylation sites (tertiary alicyclic amines) is 1. The second-order valence-electron chi connectivity index (χ2n) is 6.57. The highest BCUT2D eigenvalue weighted by atomic mass is 16.5. The van der Waals surface area contributed by atoms with Crippen LogP contribution in [0.5, 0.6) is 5.75 Å². The van der Waals surface area contributed by atoms with Crippen molar-refractivity contribution in [2.24, 2.45) is 0 Å². The zero-order valence-electron chi connectivity index (χ0n) is 14.9. The predicted octanol–water partition coefficient (Wildman–Crippen LogP) is 3.42. The van der Waals surface area contributed by atoms with Crippen LogP contribution in [0.25, 0.3) is 16.9 Å². The maximum atomic E-state index is 12.9. The number of aromatic nitrogens is 3. The summed E-state index contributed by atoms with van der Waals surface area (Å²) in [6.07, 6.45) is 9.89. The fourth-order valence-corrected chi connectivity index (χ4v) is 3.41. The van der Waals surface area contributed by atoms with E-state index >= 15 is 0 Å². The van der Waals surface area contributed by atoms with Gasteiger partial charge in [0.25, 0.3) is 5.91 Å². The molecule has 4 rings (SSSR count). The van der Waals surface area contributed by atoms with Gasteiger partial charge in [-0.3, -0.25) is 9.78 Å². The van der Waals surface area contributed by atoms with Gasteiger partial charge in [0.2, 0.25) is 0 Å². The van der Waals surface area contributed by atoms with Crippen molar-refractivity contribution in [1.82, 2.24) is 19.3 Å². The normalized spacial score (nSPS) is 15.0. The molecule has 0 saturated carbocycles. The van der Waals surface area contributed by atoms with Gasteiger partial charge in [0, 0.05) is 37.2 Å². The molecular weight excluding hydrogens is 328 g/mol. The van der Waals surface area contributed by atoms with Gasteiger partial charge in [-0.1, -0.05) is 12.8 Å². The van der Waals surface area contributed by atoms with Crippen molar-refractivity contribution in [3.8, 4) is 17.0 Å². The molecule has 26 heavy (non-hydrogen) atoms. The maximum Gasteiger partial charge on any atom is 0.274 e. The molecule has 134 valence electrons. The predicted molar refractivity (Wildman–Crippen MR) is 99.3 cm³/mol. The van der Waals surface area contributed by atoms with E-state index in [9.17, 15) is 4.79 Å². The van der Waals surface area contributed by atoms with E-state index in [2.05, 4.69) is 9.97 Å². The molecule has 1 aliphatic rings. The summed E-state index contributed by atoms with van der Waals surface area (Å²) >= 11 is 0. The van der Waals surface area contributed by atoms with E-state index < -0.39 is 0 Å². The van der Waals surface area contributed by atoms with Gasteiger partial charge in [0.1, 0.15) is 17.1 Å². The molecule has 0 N–H and O–H groups in total. The molecule has 1 saturated heterocycles. The average molecular weight is 350 g/mol. The van der Waals surface area contributed by atoms with E-state index in [0.29, 0.717) is 11.3 Å². The monoisotopic (exact) mass is 350 g/mol. The molecule has 1 fully saturated rings. The Labute approximate surface area is 152 Å². The van der Waals surface area contributed by atoms with E-state index in [1.807, 2.05) is 39.8 Å². The average Bonchev–Trinajstić information content (AvgIpc) is 2.94. The quantitative estimate of drug-likeness (QED) is 0.726. The Morgan fingerprint density at radius 2 is 1.81 bits per heavy atom. The van der Waals surface area contributed by atoms with Crippen LogP contribution in [0, 0.1) is 0 Å². The van der Waals surface area contributed by atoms with E-state index in [1.54, 1.807) is 19.5 Å². The summed E-state index contributed by atoms with van der Waals surface area (Å²) in [4.78, 5) is 23.9. The van der Waals surface area contributed by atoms with Crippen molar-refractivity contribution < 1.29 is 9.53 Å². The number of fused-ring (bicyclic) bond motifs is 1. The first-order chi connectivity index (χ1) is 12.8. The van der Waals surface area contributed by atoms with Crippen molar-refractivity contribution >= 4 is 11.6 Å². The van der Waals surface area contributed by atoms with E-state index in [1.165, 1.54) is 12.8 Å². The Kier molecular flexibility index (Phi) is 4.56. The number of carbonyl (C=O) groups is 1. The molecule has 1 amide bonds. The molecule has 0 radical (unpaired) electrons. The molecule has 1 aromatic carbocycles. The van der Waals surface area contributed by atoms with Gasteiger partial charge in [-0.25, -0.2) is 4.98 Å². The smallest absolute Gasteiger partial charge is 0.274 e. The van der Waals surface area contributed by atoms with Crippen molar-refractivity contribution in [1.29, 1.82) is 0 Å². The topological polar surface area (TPSA) is 59.7 Å². The molecule has 0 bridgehead atoms. The van der Waals surface area contributed by atoms with E-state index in [4.69, 9.17) is 4.74 Å². The molecule has 6 nitrogen and oxygen atoms in total. The van der Waals surface area contributed by atoms with Crippen LogP contribution in [0.2, 0.25) is 0 Å². The third-order valence-corrected chi connectivity index (χ3v) is 4.85. The Bertz CT molecular complexity index is 909. The number of benzene rings is 1. The Morgan fingerprint density at radius 3 is 2.50 bits per heavy atom. The molecule has 3 heterocycles. The summed E-state index contributed by atoms with van der Waals surface area (Å²) in [5, 5.41) is 0. The molecule has 0 atom stereocenters. The summed E-state index contributed by atoms with van der Waals surface area (Å²) in [6.45, 7) is 1.63. The second-order valence-corrected chi connectivity index (χ2v) is 6.57. The highest BCUT2D eigenvalue weighted by molar-refractivity contribution is 5.93. The lowest BCUT2D eigenvalue weighted by molar-refractivity contribution is 0.0756. The van der Waals surface area contributed by atoms with Crippen LogP contribution >= 0.6 is 0 Å². The van der Waals surface area contributed by atoms with Crippen LogP contribution in [0.15, 0.2) is 42.9 Å². The SMILES string of the molecule is COc1ccc(-c2nccn3cc(C(=O)N4CCCCCC4)nc23)cc1. The van der Waals surface area contributed by atoms with E-state index in [0.717, 1.165) is 42.9 Å². The molecule has 1 aliphatic heterocycles. The molecule has 2 aromatic heterocycles. The standard InChI is InChI=1S/C20H22N4O2/c1-26-16-8-6-15(7-9-16)18-19-22-17(14-24(19)13-10-21-18)20(25)23-11-4-2-3-5-12-23/h6-10,13-14H,2-5,11-12H2,1H3. The minimum Gasteiger partial charge on any atom is -0.497 e. The highest BCUT2D eigenvalue weighted by Gasteiger charge is 2.21. The van der Waals surface area contributed by atoms with Crippen molar-refractivity contribution in [3.63, 3.8) is 0 Å². The Balaban J connectivity index is 1.69. The number of imidazole rings is 1. The Morgan fingerprint density at radius 1 is 1.08 bits per heavy atom. The second kappa shape index (κ2) is 7.15. The highest BCUT2D eigenvalue weighted by Crippen LogP contribution is 2.24. The summed E-state index contributed by atoms with van der Waals surface area (Å²) in [6, 6.07) is 7.69. The zero-order chi connectivity index (χ0) is 17.9. The molecule has 0 aliphatic carbocycles. The van der Waals surface area contributed by atoms with Crippen LogP contribution in [-0.4, -0.2) is 45.4 Å². The lowest BCUT2D eigenvalue weighted by Crippen LogP contribution is -2.32. The number of nitrogens with zero attached hydrogens (tertiary/aromatic N) is 4. The van der Waals surface area contributed by atoms with Crippen LogP contribution in [0.4, 0.5) is 0 Å². The van der Waals surface area contributed by atoms with E-state index in [-0.39, 0.29) is 5.91 Å². The first kappa shape index (κ1) is 16.6. The minimum absolute atomic E-state index is 0.0104. The van der Waals surface area contributed by atoms with Crippen molar-refractivity contribution in [2.45, 2.75) is 25.7 Å². The third-order valence-electron chi connectivity index (χ3n) is 4.85. The van der Waals surface area contributed by atoms with Gasteiger partial charge < -0.3 is 14.0 Å². The van der Waals surface area contributed by atoms with Crippen LogP contribution < -0.4 is 4.74 Å². The third kappa shape index (κ3) is 3.14. The summed E-state index contributed by atoms with van der Waals surface area (Å²) in [7, 11) is 1.64. The molecular formula is C20H22N4O2. The lowest BCUT2D eigenvalue weighted by atomic mass is 10.1. The van der Waals surface area contributed by atoms with Gasteiger partial charge >= 0.3 is 0 Å². The first-order valence-corrected chi connectivity index (χ1v) is 9.03. The molecule has 6 heteroatoms. The van der Waals surface area contributed by atoms with Crippen LogP contribution in [0.1, 0.15) is 36.2 Å². The fourth-order valence-electron chi connectivity index (χ4n) is 3.41. The summed E-state index contributed by atoms with van der Waals surface area (Å²) < 4.78 is 7.09. The first-order valence-electron chi connectivity index (χ1n) is 9.03. The largest absolute Gasteiger partial charge is 0.497 e. The lowest BCUT2D eigenvalue weighted by Gasteiger charge is -2.18. The number of amides is 1.